The van der Waals surface area contributed by atoms with Gasteiger partial charge in [-0.15, -0.1) is 0 Å². The fourth-order valence-electron chi connectivity index (χ4n) is 2.83. The van der Waals surface area contributed by atoms with Gasteiger partial charge in [-0.1, -0.05) is 26.2 Å². The Morgan fingerprint density at radius 1 is 1.27 bits per heavy atom. The van der Waals surface area contributed by atoms with E-state index in [0.717, 1.165) is 25.7 Å². The summed E-state index contributed by atoms with van der Waals surface area (Å²) in [6, 6.07) is 3.98. The third kappa shape index (κ3) is 4.22. The molecule has 6 heteroatoms. The van der Waals surface area contributed by atoms with Crippen molar-refractivity contribution in [3.63, 3.8) is 0 Å². The molecule has 2 N–H and O–H groups in total. The summed E-state index contributed by atoms with van der Waals surface area (Å²) in [6.07, 6.45) is 6.09. The van der Waals surface area contributed by atoms with Gasteiger partial charge in [-0.2, -0.15) is 0 Å². The molecule has 0 bridgehead atoms. The van der Waals surface area contributed by atoms with E-state index < -0.39 is 9.84 Å². The molecule has 122 valence electrons. The number of aromatic hydroxyl groups is 1. The molecule has 0 aromatic heterocycles. The smallest absolute Gasteiger partial charge is 0.224 e. The van der Waals surface area contributed by atoms with E-state index in [0.29, 0.717) is 12.3 Å². The summed E-state index contributed by atoms with van der Waals surface area (Å²) >= 11 is 0. The van der Waals surface area contributed by atoms with Crippen LogP contribution in [0.1, 0.15) is 45.4 Å². The Morgan fingerprint density at radius 3 is 2.59 bits per heavy atom. The Labute approximate surface area is 131 Å². The van der Waals surface area contributed by atoms with Crippen LogP contribution >= 0.6 is 0 Å². The van der Waals surface area contributed by atoms with Gasteiger partial charge in [0.25, 0.3) is 0 Å². The number of phenols is 1. The van der Waals surface area contributed by atoms with Crippen molar-refractivity contribution in [1.29, 1.82) is 0 Å². The van der Waals surface area contributed by atoms with E-state index in [9.17, 15) is 18.3 Å². The molecule has 0 radical (unpaired) electrons. The lowest BCUT2D eigenvalue weighted by Crippen LogP contribution is -2.18. The lowest BCUT2D eigenvalue weighted by atomic mass is 9.87. The van der Waals surface area contributed by atoms with Crippen LogP contribution in [0.3, 0.4) is 0 Å². The van der Waals surface area contributed by atoms with Crippen molar-refractivity contribution < 1.29 is 18.3 Å². The first-order chi connectivity index (χ1) is 10.4. The molecule has 0 heterocycles. The predicted octanol–water partition coefficient (Wildman–Crippen LogP) is 3.09. The van der Waals surface area contributed by atoms with Crippen molar-refractivity contribution in [1.82, 2.24) is 0 Å². The van der Waals surface area contributed by atoms with E-state index in [1.807, 2.05) is 0 Å². The minimum absolute atomic E-state index is 0.0206. The molecular formula is C16H23NO4S. The minimum atomic E-state index is -3.36. The average molecular weight is 325 g/mol. The number of nitrogens with one attached hydrogen (secondary N) is 1. The van der Waals surface area contributed by atoms with Gasteiger partial charge in [0.1, 0.15) is 5.75 Å². The third-order valence-corrected chi connectivity index (χ3v) is 5.91. The van der Waals surface area contributed by atoms with Crippen LogP contribution in [0.5, 0.6) is 5.75 Å². The van der Waals surface area contributed by atoms with Crippen LogP contribution < -0.4 is 5.32 Å². The fraction of sp³-hybridized carbons (Fsp3) is 0.562. The first-order valence-electron chi connectivity index (χ1n) is 7.78. The number of carbonyl (C=O) groups excluding carboxylic acids is 1. The van der Waals surface area contributed by atoms with E-state index in [1.165, 1.54) is 24.6 Å². The van der Waals surface area contributed by atoms with Crippen molar-refractivity contribution in [2.75, 3.05) is 11.1 Å². The lowest BCUT2D eigenvalue weighted by molar-refractivity contribution is -0.117. The molecule has 0 spiro atoms. The summed E-state index contributed by atoms with van der Waals surface area (Å²) in [4.78, 5) is 12.2. The maximum atomic E-state index is 12.1. The molecule has 1 aliphatic carbocycles. The molecule has 2 rings (SSSR count). The molecule has 1 aromatic rings. The van der Waals surface area contributed by atoms with Crippen LogP contribution in [0.2, 0.25) is 0 Å². The Kier molecular flexibility index (Phi) is 5.45. The van der Waals surface area contributed by atoms with Crippen LogP contribution in [0.15, 0.2) is 23.1 Å². The standard InChI is InChI=1S/C16H23NO4S/c1-2-22(20,21)13-8-9-15(18)14(11-13)17-16(19)10-12-6-4-3-5-7-12/h8-9,11-12,18H,2-7,10H2,1H3,(H,17,19). The van der Waals surface area contributed by atoms with Gasteiger partial charge < -0.3 is 10.4 Å². The van der Waals surface area contributed by atoms with Gasteiger partial charge in [0.2, 0.25) is 5.91 Å². The van der Waals surface area contributed by atoms with Crippen LogP contribution in [-0.4, -0.2) is 25.2 Å². The zero-order valence-electron chi connectivity index (χ0n) is 12.8. The molecule has 0 atom stereocenters. The largest absolute Gasteiger partial charge is 0.506 e. The highest BCUT2D eigenvalue weighted by atomic mass is 32.2. The summed E-state index contributed by atoms with van der Waals surface area (Å²) in [5.41, 5.74) is 0.162. The average Bonchev–Trinajstić information content (AvgIpc) is 2.50. The van der Waals surface area contributed by atoms with E-state index in [1.54, 1.807) is 6.92 Å². The van der Waals surface area contributed by atoms with Gasteiger partial charge in [-0.3, -0.25) is 4.79 Å². The second kappa shape index (κ2) is 7.13. The molecule has 0 unspecified atom stereocenters. The maximum Gasteiger partial charge on any atom is 0.224 e. The van der Waals surface area contributed by atoms with Gasteiger partial charge in [0, 0.05) is 6.42 Å². The second-order valence-corrected chi connectivity index (χ2v) is 8.12. The van der Waals surface area contributed by atoms with E-state index >= 15 is 0 Å². The molecule has 1 fully saturated rings. The molecule has 0 aliphatic heterocycles. The number of rotatable bonds is 5. The normalized spacial score (nSPS) is 16.4. The number of carbonyl (C=O) groups is 1. The van der Waals surface area contributed by atoms with E-state index in [-0.39, 0.29) is 28.0 Å². The highest BCUT2D eigenvalue weighted by molar-refractivity contribution is 7.91. The van der Waals surface area contributed by atoms with Crippen molar-refractivity contribution in [3.8, 4) is 5.75 Å². The number of hydrogen-bond acceptors (Lipinski definition) is 4. The van der Waals surface area contributed by atoms with Crippen LogP contribution in [0, 0.1) is 5.92 Å². The number of benzene rings is 1. The number of amides is 1. The molecular weight excluding hydrogens is 302 g/mol. The van der Waals surface area contributed by atoms with Gasteiger partial charge in [-0.25, -0.2) is 8.42 Å². The molecule has 22 heavy (non-hydrogen) atoms. The maximum absolute atomic E-state index is 12.1. The Bertz CT molecular complexity index is 634. The SMILES string of the molecule is CCS(=O)(=O)c1ccc(O)c(NC(=O)CC2CCCCC2)c1. The Hall–Kier alpha value is -1.56. The number of sulfone groups is 1. The summed E-state index contributed by atoms with van der Waals surface area (Å²) in [5.74, 6) is 0.0755. The summed E-state index contributed by atoms with van der Waals surface area (Å²) < 4.78 is 23.7. The predicted molar refractivity (Wildman–Crippen MR) is 85.7 cm³/mol. The Balaban J connectivity index is 2.08. The first kappa shape index (κ1) is 16.8. The van der Waals surface area contributed by atoms with Crippen molar-refractivity contribution >= 4 is 21.4 Å². The molecule has 1 aromatic carbocycles. The monoisotopic (exact) mass is 325 g/mol. The van der Waals surface area contributed by atoms with Crippen molar-refractivity contribution in [3.05, 3.63) is 18.2 Å². The zero-order valence-corrected chi connectivity index (χ0v) is 13.7. The molecule has 5 nitrogen and oxygen atoms in total. The van der Waals surface area contributed by atoms with Gasteiger partial charge >= 0.3 is 0 Å². The van der Waals surface area contributed by atoms with E-state index in [2.05, 4.69) is 5.32 Å². The van der Waals surface area contributed by atoms with Gasteiger partial charge in [-0.05, 0) is 37.0 Å². The first-order valence-corrected chi connectivity index (χ1v) is 9.43. The lowest BCUT2D eigenvalue weighted by Gasteiger charge is -2.21. The minimum Gasteiger partial charge on any atom is -0.506 e. The fourth-order valence-corrected chi connectivity index (χ4v) is 3.74. The summed E-state index contributed by atoms with van der Waals surface area (Å²) in [5, 5.41) is 12.5. The van der Waals surface area contributed by atoms with Crippen LogP contribution in [0.4, 0.5) is 5.69 Å². The van der Waals surface area contributed by atoms with Crippen LogP contribution in [-0.2, 0) is 14.6 Å². The van der Waals surface area contributed by atoms with Gasteiger partial charge in [0.05, 0.1) is 16.3 Å². The van der Waals surface area contributed by atoms with Crippen molar-refractivity contribution in [2.45, 2.75) is 50.3 Å². The van der Waals surface area contributed by atoms with Gasteiger partial charge in [0.15, 0.2) is 9.84 Å². The second-order valence-electron chi connectivity index (χ2n) is 5.84. The topological polar surface area (TPSA) is 83.5 Å². The molecule has 1 aliphatic rings. The summed E-state index contributed by atoms with van der Waals surface area (Å²) in [6.45, 7) is 1.56. The van der Waals surface area contributed by atoms with Crippen LogP contribution in [0.25, 0.3) is 0 Å². The Morgan fingerprint density at radius 2 is 1.95 bits per heavy atom. The molecule has 0 saturated heterocycles. The molecule has 1 amide bonds. The zero-order chi connectivity index (χ0) is 16.2. The third-order valence-electron chi connectivity index (χ3n) is 4.18. The summed E-state index contributed by atoms with van der Waals surface area (Å²) in [7, 11) is -3.36. The highest BCUT2D eigenvalue weighted by Crippen LogP contribution is 2.29. The van der Waals surface area contributed by atoms with E-state index in [4.69, 9.17) is 0 Å². The quantitative estimate of drug-likeness (QED) is 0.815. The number of phenolic OH excluding ortho intramolecular Hbond substituents is 1. The highest BCUT2D eigenvalue weighted by Gasteiger charge is 2.19. The van der Waals surface area contributed by atoms with Crippen molar-refractivity contribution in [2.24, 2.45) is 5.92 Å². The number of hydrogen-bond donors (Lipinski definition) is 2. The number of anilines is 1. The molecule has 1 saturated carbocycles.